The molecule has 0 unspecified atom stereocenters. The van der Waals surface area contributed by atoms with Crippen LogP contribution in [0.4, 0.5) is 0 Å². The second kappa shape index (κ2) is 9.12. The fourth-order valence-corrected chi connectivity index (χ4v) is 5.01. The number of benzene rings is 2. The number of allylic oxidation sites excluding steroid dienone is 2. The number of halogens is 2. The third-order valence-corrected chi connectivity index (χ3v) is 6.79. The van der Waals surface area contributed by atoms with Gasteiger partial charge in [0.1, 0.15) is 6.04 Å². The van der Waals surface area contributed by atoms with Gasteiger partial charge in [-0.2, -0.15) is 5.01 Å². The maximum Gasteiger partial charge on any atom is 0.275 e. The van der Waals surface area contributed by atoms with Crippen LogP contribution in [-0.2, 0) is 9.59 Å². The Morgan fingerprint density at radius 3 is 2.39 bits per heavy atom. The van der Waals surface area contributed by atoms with E-state index in [1.807, 2.05) is 19.1 Å². The summed E-state index contributed by atoms with van der Waals surface area (Å²) >= 11 is 12.3. The number of imide groups is 1. The molecule has 0 bridgehead atoms. The van der Waals surface area contributed by atoms with E-state index in [1.54, 1.807) is 30.3 Å². The van der Waals surface area contributed by atoms with E-state index in [4.69, 9.17) is 23.2 Å². The van der Waals surface area contributed by atoms with Crippen molar-refractivity contribution in [2.75, 3.05) is 0 Å². The first kappa shape index (κ1) is 23.2. The standard InChI is InChI=1S/C25H22Cl2N2O4/c1-14-7-6-10-19-21(14)25(33)29(24(19)32)28(15(2)22(30)16-8-4-3-5-9-16)23(31)18-12-11-17(26)13-20(18)27/h3-9,11-15,19,21H,10H2,1-2H3/t14-,15-,19+,21+/m1/s1. The van der Waals surface area contributed by atoms with Gasteiger partial charge in [-0.05, 0) is 37.5 Å². The van der Waals surface area contributed by atoms with Gasteiger partial charge in [-0.15, -0.1) is 0 Å². The number of fused-ring (bicyclic) bond motifs is 1. The van der Waals surface area contributed by atoms with E-state index in [0.717, 1.165) is 10.0 Å². The largest absolute Gasteiger partial charge is 0.292 e. The smallest absolute Gasteiger partial charge is 0.275 e. The van der Waals surface area contributed by atoms with Crippen molar-refractivity contribution < 1.29 is 19.2 Å². The Morgan fingerprint density at radius 1 is 1.06 bits per heavy atom. The molecule has 6 nitrogen and oxygen atoms in total. The minimum absolute atomic E-state index is 0.0374. The summed E-state index contributed by atoms with van der Waals surface area (Å²) in [5, 5.41) is 2.21. The van der Waals surface area contributed by atoms with E-state index in [2.05, 4.69) is 0 Å². The Kier molecular flexibility index (Phi) is 6.41. The second-order valence-electron chi connectivity index (χ2n) is 8.32. The Morgan fingerprint density at radius 2 is 1.76 bits per heavy atom. The third-order valence-electron chi connectivity index (χ3n) is 6.24. The molecule has 0 N–H and O–H groups in total. The number of hydrogen-bond acceptors (Lipinski definition) is 4. The van der Waals surface area contributed by atoms with Crippen LogP contribution in [0.15, 0.2) is 60.7 Å². The van der Waals surface area contributed by atoms with Crippen LogP contribution >= 0.6 is 23.2 Å². The molecule has 1 fully saturated rings. The van der Waals surface area contributed by atoms with Crippen molar-refractivity contribution in [1.82, 2.24) is 10.0 Å². The molecular formula is C25H22Cl2N2O4. The monoisotopic (exact) mass is 484 g/mol. The lowest BCUT2D eigenvalue weighted by molar-refractivity contribution is -0.156. The number of hydrogen-bond donors (Lipinski definition) is 0. The zero-order valence-electron chi connectivity index (χ0n) is 18.1. The topological polar surface area (TPSA) is 74.8 Å². The Labute approximate surface area is 201 Å². The molecule has 0 saturated carbocycles. The normalized spacial score (nSPS) is 22.8. The highest BCUT2D eigenvalue weighted by atomic mass is 35.5. The quantitative estimate of drug-likeness (QED) is 0.346. The SMILES string of the molecule is C[C@@H]1C=CC[C@@H]2C(=O)N(N(C(=O)c3ccc(Cl)cc3Cl)[C@H](C)C(=O)c3ccccc3)C(=O)[C@@H]12. The van der Waals surface area contributed by atoms with Gasteiger partial charge in [0.15, 0.2) is 5.78 Å². The number of rotatable bonds is 5. The fourth-order valence-electron chi connectivity index (χ4n) is 4.52. The number of carbonyl (C=O) groups excluding carboxylic acids is 4. The zero-order chi connectivity index (χ0) is 23.9. The van der Waals surface area contributed by atoms with Gasteiger partial charge in [0.05, 0.1) is 22.4 Å². The first-order chi connectivity index (χ1) is 15.7. The number of hydrazine groups is 1. The van der Waals surface area contributed by atoms with Crippen LogP contribution < -0.4 is 0 Å². The fraction of sp³-hybridized carbons (Fsp3) is 0.280. The molecular weight excluding hydrogens is 463 g/mol. The van der Waals surface area contributed by atoms with Gasteiger partial charge in [0.2, 0.25) is 0 Å². The Balaban J connectivity index is 1.79. The highest BCUT2D eigenvalue weighted by Crippen LogP contribution is 2.40. The number of ketones is 1. The molecule has 2 aromatic carbocycles. The van der Waals surface area contributed by atoms with Crippen molar-refractivity contribution in [1.29, 1.82) is 0 Å². The summed E-state index contributed by atoms with van der Waals surface area (Å²) in [6.45, 7) is 3.37. The van der Waals surface area contributed by atoms with Crippen molar-refractivity contribution in [3.8, 4) is 0 Å². The van der Waals surface area contributed by atoms with Crippen LogP contribution in [0.5, 0.6) is 0 Å². The summed E-state index contributed by atoms with van der Waals surface area (Å²) in [6.07, 6.45) is 4.18. The summed E-state index contributed by atoms with van der Waals surface area (Å²) in [5.41, 5.74) is 0.395. The van der Waals surface area contributed by atoms with E-state index in [1.165, 1.54) is 25.1 Å². The van der Waals surface area contributed by atoms with E-state index in [-0.39, 0.29) is 16.5 Å². The van der Waals surface area contributed by atoms with Gasteiger partial charge >= 0.3 is 0 Å². The van der Waals surface area contributed by atoms with E-state index in [0.29, 0.717) is 17.0 Å². The molecule has 8 heteroatoms. The first-order valence-corrected chi connectivity index (χ1v) is 11.4. The van der Waals surface area contributed by atoms with Crippen LogP contribution in [0.2, 0.25) is 10.0 Å². The van der Waals surface area contributed by atoms with Crippen LogP contribution in [0.1, 0.15) is 41.0 Å². The van der Waals surface area contributed by atoms with Crippen molar-refractivity contribution >= 4 is 46.7 Å². The van der Waals surface area contributed by atoms with Crippen LogP contribution in [0, 0.1) is 17.8 Å². The first-order valence-electron chi connectivity index (χ1n) is 10.6. The van der Waals surface area contributed by atoms with Crippen molar-refractivity contribution in [3.05, 3.63) is 81.9 Å². The van der Waals surface area contributed by atoms with Gasteiger partial charge in [0.25, 0.3) is 17.7 Å². The molecule has 1 saturated heterocycles. The third kappa shape index (κ3) is 4.09. The predicted molar refractivity (Wildman–Crippen MR) is 125 cm³/mol. The molecule has 0 aromatic heterocycles. The average Bonchev–Trinajstić information content (AvgIpc) is 3.05. The Bertz CT molecular complexity index is 1160. The lowest BCUT2D eigenvalue weighted by Gasteiger charge is -2.35. The molecule has 3 amide bonds. The molecule has 1 heterocycles. The summed E-state index contributed by atoms with van der Waals surface area (Å²) in [7, 11) is 0. The zero-order valence-corrected chi connectivity index (χ0v) is 19.6. The van der Waals surface area contributed by atoms with Crippen LogP contribution in [0.25, 0.3) is 0 Å². The van der Waals surface area contributed by atoms with Gasteiger partial charge in [-0.25, -0.2) is 5.01 Å². The maximum atomic E-state index is 13.7. The van der Waals surface area contributed by atoms with Crippen LogP contribution in [-0.4, -0.2) is 39.6 Å². The van der Waals surface area contributed by atoms with Crippen LogP contribution in [0.3, 0.4) is 0 Å². The summed E-state index contributed by atoms with van der Waals surface area (Å²) < 4.78 is 0. The van der Waals surface area contributed by atoms with Crippen molar-refractivity contribution in [2.24, 2.45) is 17.8 Å². The number of carbonyl (C=O) groups is 4. The minimum atomic E-state index is -1.14. The summed E-state index contributed by atoms with van der Waals surface area (Å²) in [4.78, 5) is 53.8. The molecule has 1 aliphatic heterocycles. The summed E-state index contributed by atoms with van der Waals surface area (Å²) in [6, 6.07) is 11.6. The minimum Gasteiger partial charge on any atom is -0.292 e. The van der Waals surface area contributed by atoms with Gasteiger partial charge in [-0.3, -0.25) is 19.2 Å². The molecule has 2 aromatic rings. The highest BCUT2D eigenvalue weighted by molar-refractivity contribution is 6.36. The van der Waals surface area contributed by atoms with Crippen molar-refractivity contribution in [3.63, 3.8) is 0 Å². The number of Topliss-reactive ketones (excluding diaryl/α,β-unsaturated/α-hetero) is 1. The van der Waals surface area contributed by atoms with Gasteiger partial charge in [-0.1, -0.05) is 72.6 Å². The molecule has 170 valence electrons. The second-order valence-corrected chi connectivity index (χ2v) is 9.17. The Hall–Kier alpha value is -2.96. The maximum absolute atomic E-state index is 13.7. The predicted octanol–water partition coefficient (Wildman–Crippen LogP) is 4.82. The van der Waals surface area contributed by atoms with Crippen molar-refractivity contribution in [2.45, 2.75) is 26.3 Å². The summed E-state index contributed by atoms with van der Waals surface area (Å²) in [5.74, 6) is -3.45. The molecule has 4 rings (SSSR count). The van der Waals surface area contributed by atoms with E-state index < -0.39 is 41.4 Å². The lowest BCUT2D eigenvalue weighted by Crippen LogP contribution is -2.56. The number of amides is 3. The molecule has 1 aliphatic carbocycles. The molecule has 0 radical (unpaired) electrons. The molecule has 2 aliphatic rings. The molecule has 33 heavy (non-hydrogen) atoms. The average molecular weight is 485 g/mol. The van der Waals surface area contributed by atoms with Gasteiger partial charge in [0, 0.05) is 10.6 Å². The molecule has 0 spiro atoms. The molecule has 4 atom stereocenters. The van der Waals surface area contributed by atoms with E-state index in [9.17, 15) is 19.2 Å². The highest BCUT2D eigenvalue weighted by Gasteiger charge is 2.54. The lowest BCUT2D eigenvalue weighted by atomic mass is 9.78. The van der Waals surface area contributed by atoms with Gasteiger partial charge < -0.3 is 0 Å². The van der Waals surface area contributed by atoms with E-state index >= 15 is 0 Å². The number of nitrogens with zero attached hydrogens (tertiary/aromatic N) is 2.